The van der Waals surface area contributed by atoms with Gasteiger partial charge in [0.2, 0.25) is 0 Å². The smallest absolute Gasteiger partial charge is 0.0725 e. The van der Waals surface area contributed by atoms with Crippen molar-refractivity contribution in [2.75, 3.05) is 0 Å². The van der Waals surface area contributed by atoms with Crippen molar-refractivity contribution in [2.45, 2.75) is 5.41 Å². The van der Waals surface area contributed by atoms with Crippen LogP contribution in [0.2, 0.25) is 0 Å². The van der Waals surface area contributed by atoms with E-state index in [0.29, 0.717) is 0 Å². The first-order valence-electron chi connectivity index (χ1n) is 18.9. The number of benzene rings is 7. The van der Waals surface area contributed by atoms with Gasteiger partial charge in [0, 0.05) is 34.6 Å². The molecule has 0 saturated carbocycles. The van der Waals surface area contributed by atoms with Crippen molar-refractivity contribution in [3.05, 3.63) is 229 Å². The van der Waals surface area contributed by atoms with Crippen molar-refractivity contribution in [3.63, 3.8) is 0 Å². The number of aromatic nitrogens is 2. The van der Waals surface area contributed by atoms with E-state index < -0.39 is 5.41 Å². The van der Waals surface area contributed by atoms with Gasteiger partial charge in [-0.25, -0.2) is 0 Å². The van der Waals surface area contributed by atoms with Gasteiger partial charge in [0.25, 0.3) is 0 Å². The number of nitrogens with zero attached hydrogens (tertiary/aromatic N) is 2. The first-order valence-corrected chi connectivity index (χ1v) is 18.9. The molecule has 2 aliphatic carbocycles. The molecule has 2 heterocycles. The molecule has 0 saturated heterocycles. The lowest BCUT2D eigenvalue weighted by Crippen LogP contribution is -2.29. The maximum atomic E-state index is 5.06. The molecule has 0 atom stereocenters. The third kappa shape index (κ3) is 4.82. The Labute approximate surface area is 321 Å². The van der Waals surface area contributed by atoms with Crippen LogP contribution in [-0.2, 0) is 5.41 Å². The molecule has 2 nitrogen and oxygen atoms in total. The van der Waals surface area contributed by atoms with E-state index >= 15 is 0 Å². The summed E-state index contributed by atoms with van der Waals surface area (Å²) in [6.07, 6.45) is 4.00. The van der Waals surface area contributed by atoms with Crippen LogP contribution >= 0.6 is 0 Å². The number of rotatable bonds is 4. The van der Waals surface area contributed by atoms with Crippen LogP contribution < -0.4 is 0 Å². The van der Waals surface area contributed by atoms with Crippen LogP contribution in [0.15, 0.2) is 207 Å². The zero-order valence-corrected chi connectivity index (χ0v) is 30.0. The molecular formula is C53H34N2. The van der Waals surface area contributed by atoms with E-state index in [0.717, 1.165) is 44.8 Å². The first-order chi connectivity index (χ1) is 27.3. The van der Waals surface area contributed by atoms with Crippen molar-refractivity contribution < 1.29 is 0 Å². The summed E-state index contributed by atoms with van der Waals surface area (Å²) in [6, 6.07) is 70.6. The second-order valence-electron chi connectivity index (χ2n) is 14.5. The highest BCUT2D eigenvalue weighted by Crippen LogP contribution is 2.62. The molecule has 55 heavy (non-hydrogen) atoms. The van der Waals surface area contributed by atoms with Crippen molar-refractivity contribution in [2.24, 2.45) is 0 Å². The van der Waals surface area contributed by atoms with Crippen molar-refractivity contribution >= 4 is 0 Å². The van der Waals surface area contributed by atoms with Crippen LogP contribution in [0.1, 0.15) is 22.3 Å². The molecule has 2 aromatic heterocycles. The molecule has 0 aliphatic heterocycles. The van der Waals surface area contributed by atoms with Gasteiger partial charge in [0.15, 0.2) is 0 Å². The van der Waals surface area contributed by atoms with E-state index in [1.54, 1.807) is 0 Å². The molecular weight excluding hydrogens is 665 g/mol. The Kier molecular flexibility index (Phi) is 7.11. The van der Waals surface area contributed by atoms with Gasteiger partial charge < -0.3 is 0 Å². The molecule has 0 N–H and O–H groups in total. The van der Waals surface area contributed by atoms with Crippen LogP contribution in [0.5, 0.6) is 0 Å². The average molecular weight is 699 g/mol. The minimum atomic E-state index is -0.614. The van der Waals surface area contributed by atoms with E-state index in [1.165, 1.54) is 55.6 Å². The zero-order chi connectivity index (χ0) is 36.3. The Balaban J connectivity index is 1.19. The number of hydrogen-bond acceptors (Lipinski definition) is 2. The minimum Gasteiger partial charge on any atom is -0.256 e. The SMILES string of the molecule is c1ccc(-c2ccc(-c3ccc4c(c3)C3(c5cc(-c6ccc(-c7ccccc7)cn6)ccc5-c5ccccc5-4)c4ccccc4-c4ccccc43)nc2)cc1. The molecule has 1 spiro atoms. The maximum Gasteiger partial charge on any atom is 0.0725 e. The van der Waals surface area contributed by atoms with Crippen LogP contribution in [-0.4, -0.2) is 9.97 Å². The van der Waals surface area contributed by atoms with E-state index in [9.17, 15) is 0 Å². The molecule has 7 aromatic carbocycles. The quantitative estimate of drug-likeness (QED) is 0.183. The average Bonchev–Trinajstić information content (AvgIpc) is 3.52. The normalized spacial score (nSPS) is 12.9. The van der Waals surface area contributed by atoms with Gasteiger partial charge in [-0.3, -0.25) is 9.97 Å². The van der Waals surface area contributed by atoms with Gasteiger partial charge in [0.1, 0.15) is 0 Å². The summed E-state index contributed by atoms with van der Waals surface area (Å²) in [5.41, 5.74) is 20.6. The lowest BCUT2D eigenvalue weighted by molar-refractivity contribution is 0.776. The fraction of sp³-hybridized carbons (Fsp3) is 0.0189. The van der Waals surface area contributed by atoms with Crippen molar-refractivity contribution in [1.82, 2.24) is 9.97 Å². The molecule has 2 heteroatoms. The molecule has 11 rings (SSSR count). The van der Waals surface area contributed by atoms with E-state index in [-0.39, 0.29) is 0 Å². The first kappa shape index (κ1) is 31.4. The Bertz CT molecular complexity index is 2690. The predicted octanol–water partition coefficient (Wildman–Crippen LogP) is 13.2. The van der Waals surface area contributed by atoms with Gasteiger partial charge in [0.05, 0.1) is 16.8 Å². The molecule has 0 fully saturated rings. The van der Waals surface area contributed by atoms with Crippen LogP contribution in [0.4, 0.5) is 0 Å². The summed E-state index contributed by atoms with van der Waals surface area (Å²) in [6.45, 7) is 0. The molecule has 0 unspecified atom stereocenters. The Hall–Kier alpha value is -7.16. The van der Waals surface area contributed by atoms with Crippen LogP contribution in [0.3, 0.4) is 0 Å². The summed E-state index contributed by atoms with van der Waals surface area (Å²) in [5.74, 6) is 0. The standard InChI is InChI=1S/C53H34N2/c1-3-13-35(14-4-1)39-25-29-51(54-33-39)37-23-27-45-41-17-7-8-18-42(41)46-28-24-38(52-30-26-40(34-55-52)36-15-5-2-6-16-36)32-50(46)53(49(45)31-37)47-21-11-9-19-43(47)44-20-10-12-22-48(44)53/h1-34H. The van der Waals surface area contributed by atoms with Gasteiger partial charge in [-0.1, -0.05) is 170 Å². The number of fused-ring (bicyclic) bond motifs is 12. The van der Waals surface area contributed by atoms with Gasteiger partial charge in [-0.05, 0) is 91.0 Å². The third-order valence-electron chi connectivity index (χ3n) is 11.6. The lowest BCUT2D eigenvalue weighted by Gasteiger charge is -2.36. The second-order valence-corrected chi connectivity index (χ2v) is 14.5. The number of pyridine rings is 2. The monoisotopic (exact) mass is 698 g/mol. The highest BCUT2D eigenvalue weighted by Gasteiger charge is 2.49. The fourth-order valence-corrected chi connectivity index (χ4v) is 9.14. The summed E-state index contributed by atoms with van der Waals surface area (Å²) in [5, 5.41) is 0. The highest BCUT2D eigenvalue weighted by molar-refractivity contribution is 5.98. The summed E-state index contributed by atoms with van der Waals surface area (Å²) < 4.78 is 0. The molecule has 9 aromatic rings. The Morgan fingerprint density at radius 1 is 0.255 bits per heavy atom. The predicted molar refractivity (Wildman–Crippen MR) is 226 cm³/mol. The summed E-state index contributed by atoms with van der Waals surface area (Å²) >= 11 is 0. The van der Waals surface area contributed by atoms with Crippen LogP contribution in [0.25, 0.3) is 78.1 Å². The van der Waals surface area contributed by atoms with Gasteiger partial charge >= 0.3 is 0 Å². The van der Waals surface area contributed by atoms with Crippen LogP contribution in [0, 0.1) is 0 Å². The second kappa shape index (κ2) is 12.5. The molecule has 0 radical (unpaired) electrons. The van der Waals surface area contributed by atoms with Gasteiger partial charge in [-0.2, -0.15) is 0 Å². The maximum absolute atomic E-state index is 5.06. The van der Waals surface area contributed by atoms with Gasteiger partial charge in [-0.15, -0.1) is 0 Å². The Morgan fingerprint density at radius 3 is 1.04 bits per heavy atom. The molecule has 0 amide bonds. The summed E-state index contributed by atoms with van der Waals surface area (Å²) in [7, 11) is 0. The third-order valence-corrected chi connectivity index (χ3v) is 11.6. The molecule has 2 aliphatic rings. The fourth-order valence-electron chi connectivity index (χ4n) is 9.14. The molecule has 0 bridgehead atoms. The number of hydrogen-bond donors (Lipinski definition) is 0. The van der Waals surface area contributed by atoms with E-state index in [1.807, 2.05) is 24.5 Å². The van der Waals surface area contributed by atoms with E-state index in [4.69, 9.17) is 9.97 Å². The van der Waals surface area contributed by atoms with E-state index in [2.05, 4.69) is 182 Å². The van der Waals surface area contributed by atoms with Crippen molar-refractivity contribution in [3.8, 4) is 78.1 Å². The zero-order valence-electron chi connectivity index (χ0n) is 30.0. The molecule has 256 valence electrons. The largest absolute Gasteiger partial charge is 0.256 e. The summed E-state index contributed by atoms with van der Waals surface area (Å²) in [4.78, 5) is 10.1. The van der Waals surface area contributed by atoms with Crippen molar-refractivity contribution in [1.29, 1.82) is 0 Å². The Morgan fingerprint density at radius 2 is 0.618 bits per heavy atom. The minimum absolute atomic E-state index is 0.614. The topological polar surface area (TPSA) is 25.8 Å². The highest BCUT2D eigenvalue weighted by atomic mass is 14.7. The lowest BCUT2D eigenvalue weighted by atomic mass is 9.65.